The fourth-order valence-corrected chi connectivity index (χ4v) is 3.93. The van der Waals surface area contributed by atoms with Crippen LogP contribution >= 0.6 is 11.3 Å². The summed E-state index contributed by atoms with van der Waals surface area (Å²) in [6.45, 7) is 2.95. The molecular formula is C17H17N5OS. The molecule has 4 heterocycles. The second-order valence-corrected chi connectivity index (χ2v) is 6.37. The number of nitriles is 2. The van der Waals surface area contributed by atoms with Crippen molar-refractivity contribution in [1.29, 1.82) is 10.5 Å². The van der Waals surface area contributed by atoms with Crippen LogP contribution in [0.1, 0.15) is 31.6 Å². The van der Waals surface area contributed by atoms with Crippen LogP contribution in [-0.4, -0.2) is 27.7 Å². The molecule has 1 unspecified atom stereocenters. The van der Waals surface area contributed by atoms with Crippen LogP contribution in [0.5, 0.6) is 0 Å². The van der Waals surface area contributed by atoms with Crippen molar-refractivity contribution in [1.82, 2.24) is 14.5 Å². The summed E-state index contributed by atoms with van der Waals surface area (Å²) in [5.74, 6) is 0.825. The first-order valence-electron chi connectivity index (χ1n) is 7.78. The summed E-state index contributed by atoms with van der Waals surface area (Å²) in [5, 5.41) is 18.5. The minimum atomic E-state index is 0.264. The van der Waals surface area contributed by atoms with Gasteiger partial charge in [-0.15, -0.1) is 11.3 Å². The summed E-state index contributed by atoms with van der Waals surface area (Å²) < 4.78 is 9.01. The molecule has 6 nitrogen and oxygen atoms in total. The van der Waals surface area contributed by atoms with E-state index < -0.39 is 0 Å². The molecule has 0 aromatic carbocycles. The number of fused-ring (bicyclic) bond motifs is 3. The minimum Gasteiger partial charge on any atom is -0.379 e. The summed E-state index contributed by atoms with van der Waals surface area (Å²) >= 11 is 1.68. The molecule has 0 amide bonds. The molecular weight excluding hydrogens is 322 g/mol. The first kappa shape index (κ1) is 16.4. The smallest absolute Gasteiger partial charge is 0.124 e. The quantitative estimate of drug-likeness (QED) is 0.712. The van der Waals surface area contributed by atoms with Crippen molar-refractivity contribution in [3.63, 3.8) is 0 Å². The minimum absolute atomic E-state index is 0.264. The van der Waals surface area contributed by atoms with Crippen LogP contribution < -0.4 is 0 Å². The van der Waals surface area contributed by atoms with Crippen LogP contribution in [0.25, 0.3) is 21.3 Å². The predicted molar refractivity (Wildman–Crippen MR) is 92.6 cm³/mol. The lowest BCUT2D eigenvalue weighted by molar-refractivity contribution is 0.0597. The van der Waals surface area contributed by atoms with E-state index in [1.165, 1.54) is 6.92 Å². The molecule has 1 atom stereocenters. The Morgan fingerprint density at radius 3 is 2.96 bits per heavy atom. The molecule has 1 saturated heterocycles. The Morgan fingerprint density at radius 2 is 2.25 bits per heavy atom. The Kier molecular flexibility index (Phi) is 5.05. The molecule has 7 heteroatoms. The molecule has 0 aliphatic carbocycles. The van der Waals surface area contributed by atoms with Crippen LogP contribution in [0.15, 0.2) is 17.6 Å². The molecule has 4 rings (SSSR count). The second kappa shape index (κ2) is 7.39. The van der Waals surface area contributed by atoms with Gasteiger partial charge in [-0.1, -0.05) is 0 Å². The lowest BCUT2D eigenvalue weighted by Gasteiger charge is -2.25. The van der Waals surface area contributed by atoms with E-state index in [1.807, 2.05) is 12.3 Å². The van der Waals surface area contributed by atoms with Gasteiger partial charge in [0.2, 0.25) is 0 Å². The summed E-state index contributed by atoms with van der Waals surface area (Å²) in [5.41, 5.74) is 2.98. The van der Waals surface area contributed by atoms with Crippen LogP contribution in [0.4, 0.5) is 0 Å². The molecule has 0 bridgehead atoms. The monoisotopic (exact) mass is 339 g/mol. The van der Waals surface area contributed by atoms with Gasteiger partial charge >= 0.3 is 0 Å². The van der Waals surface area contributed by atoms with Crippen molar-refractivity contribution in [3.8, 4) is 12.1 Å². The largest absolute Gasteiger partial charge is 0.379 e. The van der Waals surface area contributed by atoms with E-state index in [1.54, 1.807) is 17.4 Å². The van der Waals surface area contributed by atoms with Gasteiger partial charge in [-0.2, -0.15) is 10.5 Å². The fraction of sp³-hybridized carbons (Fsp3) is 0.412. The summed E-state index contributed by atoms with van der Waals surface area (Å²) in [7, 11) is 0. The van der Waals surface area contributed by atoms with Gasteiger partial charge in [-0.25, -0.2) is 4.98 Å². The van der Waals surface area contributed by atoms with Gasteiger partial charge in [-0.05, 0) is 24.3 Å². The highest BCUT2D eigenvalue weighted by molar-refractivity contribution is 7.18. The standard InChI is InChI=1S/C15H14N4OS.C2H3N/c16-5-3-13-18-12-8-17-11-4-7-21-15(11)14(12)19(13)10-2-1-6-20-9-10;1-2-3/h4,7-8,10H,1-3,6,9H2;1H3. The third kappa shape index (κ3) is 2.96. The second-order valence-electron chi connectivity index (χ2n) is 5.45. The fourth-order valence-electron chi connectivity index (χ4n) is 3.04. The maximum absolute atomic E-state index is 9.09. The van der Waals surface area contributed by atoms with Crippen LogP contribution in [-0.2, 0) is 11.2 Å². The first-order valence-corrected chi connectivity index (χ1v) is 8.66. The molecule has 1 fully saturated rings. The Bertz CT molecular complexity index is 924. The van der Waals surface area contributed by atoms with E-state index in [4.69, 9.17) is 15.3 Å². The molecule has 0 N–H and O–H groups in total. The Morgan fingerprint density at radius 1 is 1.42 bits per heavy atom. The number of hydrogen-bond donors (Lipinski definition) is 0. The number of ether oxygens (including phenoxy) is 1. The van der Waals surface area contributed by atoms with Crippen molar-refractivity contribution in [2.24, 2.45) is 0 Å². The average molecular weight is 339 g/mol. The van der Waals surface area contributed by atoms with E-state index in [0.29, 0.717) is 13.0 Å². The van der Waals surface area contributed by atoms with Gasteiger partial charge in [0.05, 0.1) is 53.1 Å². The van der Waals surface area contributed by atoms with E-state index in [9.17, 15) is 0 Å². The molecule has 122 valence electrons. The van der Waals surface area contributed by atoms with Gasteiger partial charge in [-0.3, -0.25) is 4.98 Å². The number of imidazole rings is 1. The normalized spacial score (nSPS) is 17.0. The summed E-state index contributed by atoms with van der Waals surface area (Å²) in [4.78, 5) is 9.09. The Balaban J connectivity index is 0.000000526. The van der Waals surface area contributed by atoms with Crippen molar-refractivity contribution in [3.05, 3.63) is 23.5 Å². The van der Waals surface area contributed by atoms with Gasteiger partial charge < -0.3 is 9.30 Å². The number of thiophene rings is 1. The number of pyridine rings is 1. The SMILES string of the molecule is CC#N.N#CCc1nc2cnc3ccsc3c2n1C1CCCOC1. The van der Waals surface area contributed by atoms with Crippen molar-refractivity contribution in [2.75, 3.05) is 13.2 Å². The van der Waals surface area contributed by atoms with E-state index in [2.05, 4.69) is 26.0 Å². The Labute approximate surface area is 143 Å². The van der Waals surface area contributed by atoms with Gasteiger partial charge in [0.25, 0.3) is 0 Å². The van der Waals surface area contributed by atoms with Crippen LogP contribution in [0, 0.1) is 22.7 Å². The molecule has 3 aromatic rings. The van der Waals surface area contributed by atoms with Crippen molar-refractivity contribution < 1.29 is 4.74 Å². The average Bonchev–Trinajstić information content (AvgIpc) is 3.20. The zero-order valence-corrected chi connectivity index (χ0v) is 14.2. The predicted octanol–water partition coefficient (Wildman–Crippen LogP) is 3.59. The molecule has 24 heavy (non-hydrogen) atoms. The van der Waals surface area contributed by atoms with Gasteiger partial charge in [0.15, 0.2) is 0 Å². The highest BCUT2D eigenvalue weighted by Gasteiger charge is 2.23. The molecule has 0 saturated carbocycles. The highest BCUT2D eigenvalue weighted by Crippen LogP contribution is 2.33. The third-order valence-corrected chi connectivity index (χ3v) is 4.85. The summed E-state index contributed by atoms with van der Waals surface area (Å²) in [6.07, 6.45) is 4.25. The van der Waals surface area contributed by atoms with Gasteiger partial charge in [0, 0.05) is 13.5 Å². The van der Waals surface area contributed by atoms with E-state index >= 15 is 0 Å². The maximum Gasteiger partial charge on any atom is 0.124 e. The summed E-state index contributed by atoms with van der Waals surface area (Å²) in [6, 6.07) is 6.26. The zero-order valence-electron chi connectivity index (χ0n) is 13.4. The van der Waals surface area contributed by atoms with Crippen molar-refractivity contribution >= 4 is 32.6 Å². The van der Waals surface area contributed by atoms with E-state index in [-0.39, 0.29) is 6.04 Å². The molecule has 1 aliphatic rings. The van der Waals surface area contributed by atoms with Crippen LogP contribution in [0.2, 0.25) is 0 Å². The Hall–Kier alpha value is -2.48. The number of nitrogens with zero attached hydrogens (tertiary/aromatic N) is 5. The topological polar surface area (TPSA) is 87.5 Å². The molecule has 1 aliphatic heterocycles. The molecule has 3 aromatic heterocycles. The number of rotatable bonds is 2. The first-order chi connectivity index (χ1) is 11.8. The van der Waals surface area contributed by atoms with Crippen molar-refractivity contribution in [2.45, 2.75) is 32.2 Å². The highest BCUT2D eigenvalue weighted by atomic mass is 32.1. The van der Waals surface area contributed by atoms with E-state index in [0.717, 1.165) is 46.5 Å². The lowest BCUT2D eigenvalue weighted by Crippen LogP contribution is -2.22. The molecule has 0 radical (unpaired) electrons. The number of hydrogen-bond acceptors (Lipinski definition) is 6. The lowest BCUT2D eigenvalue weighted by atomic mass is 10.1. The maximum atomic E-state index is 9.09. The number of aromatic nitrogens is 3. The van der Waals surface area contributed by atoms with Gasteiger partial charge in [0.1, 0.15) is 11.3 Å². The third-order valence-electron chi connectivity index (χ3n) is 3.94. The zero-order chi connectivity index (χ0) is 16.9. The van der Waals surface area contributed by atoms with Crippen LogP contribution in [0.3, 0.4) is 0 Å². The molecule has 0 spiro atoms.